The van der Waals surface area contributed by atoms with Crippen LogP contribution in [0.25, 0.3) is 0 Å². The van der Waals surface area contributed by atoms with Gasteiger partial charge in [-0.05, 0) is 49.9 Å². The lowest BCUT2D eigenvalue weighted by atomic mass is 9.79. The molecule has 2 atom stereocenters. The summed E-state index contributed by atoms with van der Waals surface area (Å²) >= 11 is 0. The third-order valence-corrected chi connectivity index (χ3v) is 6.49. The van der Waals surface area contributed by atoms with Crippen molar-refractivity contribution in [3.05, 3.63) is 23.3 Å². The minimum absolute atomic E-state index is 0.0864. The van der Waals surface area contributed by atoms with Crippen molar-refractivity contribution < 1.29 is 28.1 Å². The Hall–Kier alpha value is -1.40. The SMILES string of the molecule is CCOP(CCNC1c2cc3c(cc2CCC1COC=O)OCO3)OCC. The summed E-state index contributed by atoms with van der Waals surface area (Å²) in [7, 11) is -0.879. The third-order valence-electron chi connectivity index (χ3n) is 4.81. The molecule has 1 aromatic carbocycles. The fraction of sp³-hybridized carbons (Fsp3) is 0.632. The summed E-state index contributed by atoms with van der Waals surface area (Å²) in [5.41, 5.74) is 2.46. The van der Waals surface area contributed by atoms with Gasteiger partial charge >= 0.3 is 0 Å². The molecule has 0 bridgehead atoms. The molecule has 1 aromatic rings. The van der Waals surface area contributed by atoms with Crippen molar-refractivity contribution >= 4 is 14.8 Å². The van der Waals surface area contributed by atoms with Crippen LogP contribution in [0.4, 0.5) is 0 Å². The Morgan fingerprint density at radius 2 is 1.96 bits per heavy atom. The Balaban J connectivity index is 1.71. The van der Waals surface area contributed by atoms with Crippen LogP contribution >= 0.6 is 8.38 Å². The number of carbonyl (C=O) groups is 1. The van der Waals surface area contributed by atoms with Crippen LogP contribution in [0.3, 0.4) is 0 Å². The molecule has 0 radical (unpaired) electrons. The van der Waals surface area contributed by atoms with E-state index in [0.29, 0.717) is 26.3 Å². The summed E-state index contributed by atoms with van der Waals surface area (Å²) in [6.07, 6.45) is 2.69. The van der Waals surface area contributed by atoms with Gasteiger partial charge in [-0.15, -0.1) is 0 Å². The van der Waals surface area contributed by atoms with Crippen molar-refractivity contribution in [2.45, 2.75) is 32.7 Å². The summed E-state index contributed by atoms with van der Waals surface area (Å²) in [5.74, 6) is 1.81. The first-order valence-electron chi connectivity index (χ1n) is 9.51. The number of benzene rings is 1. The van der Waals surface area contributed by atoms with Crippen LogP contribution in [-0.4, -0.2) is 45.8 Å². The van der Waals surface area contributed by atoms with E-state index in [1.807, 2.05) is 13.8 Å². The molecule has 0 amide bonds. The summed E-state index contributed by atoms with van der Waals surface area (Å²) in [5, 5.41) is 3.64. The number of aryl methyl sites for hydroxylation is 1. The number of hydrogen-bond donors (Lipinski definition) is 1. The van der Waals surface area contributed by atoms with Gasteiger partial charge in [0.25, 0.3) is 6.47 Å². The highest BCUT2D eigenvalue weighted by Gasteiger charge is 2.32. The van der Waals surface area contributed by atoms with E-state index in [-0.39, 0.29) is 18.8 Å². The predicted molar refractivity (Wildman–Crippen MR) is 102 cm³/mol. The summed E-state index contributed by atoms with van der Waals surface area (Å²) in [4.78, 5) is 10.7. The number of rotatable bonds is 11. The van der Waals surface area contributed by atoms with Crippen molar-refractivity contribution in [3.8, 4) is 11.5 Å². The Bertz CT molecular complexity index is 622. The van der Waals surface area contributed by atoms with Gasteiger partial charge in [-0.3, -0.25) is 4.79 Å². The average Bonchev–Trinajstić information content (AvgIpc) is 3.13. The number of carbonyl (C=O) groups excluding carboxylic acids is 1. The van der Waals surface area contributed by atoms with Crippen LogP contribution in [0.1, 0.15) is 37.4 Å². The van der Waals surface area contributed by atoms with E-state index < -0.39 is 8.38 Å². The minimum Gasteiger partial charge on any atom is -0.468 e. The fourth-order valence-electron chi connectivity index (χ4n) is 3.65. The number of nitrogens with one attached hydrogen (secondary N) is 1. The largest absolute Gasteiger partial charge is 0.468 e. The monoisotopic (exact) mass is 397 g/mol. The molecule has 0 spiro atoms. The quantitative estimate of drug-likeness (QED) is 0.454. The van der Waals surface area contributed by atoms with Crippen LogP contribution in [-0.2, 0) is 25.0 Å². The van der Waals surface area contributed by atoms with Crippen LogP contribution in [0, 0.1) is 5.92 Å². The summed E-state index contributed by atoms with van der Waals surface area (Å²) in [6.45, 7) is 7.22. The second kappa shape index (κ2) is 10.2. The predicted octanol–water partition coefficient (Wildman–Crippen LogP) is 3.17. The highest BCUT2D eigenvalue weighted by Crippen LogP contribution is 2.43. The molecule has 0 fully saturated rings. The van der Waals surface area contributed by atoms with Gasteiger partial charge in [0, 0.05) is 24.7 Å². The number of hydrogen-bond acceptors (Lipinski definition) is 7. The van der Waals surface area contributed by atoms with Gasteiger partial charge in [0.2, 0.25) is 6.79 Å². The van der Waals surface area contributed by atoms with Gasteiger partial charge in [-0.2, -0.15) is 0 Å². The first-order valence-corrected chi connectivity index (χ1v) is 10.9. The molecular weight excluding hydrogens is 369 g/mol. The van der Waals surface area contributed by atoms with E-state index >= 15 is 0 Å². The van der Waals surface area contributed by atoms with Crippen molar-refractivity contribution in [1.29, 1.82) is 0 Å². The molecule has 0 aromatic heterocycles. The molecule has 2 unspecified atom stereocenters. The average molecular weight is 397 g/mol. The van der Waals surface area contributed by atoms with Crippen molar-refractivity contribution in [2.75, 3.05) is 39.3 Å². The molecular formula is C19H28NO6P. The molecule has 1 N–H and O–H groups in total. The highest BCUT2D eigenvalue weighted by atomic mass is 31.2. The zero-order valence-corrected chi connectivity index (χ0v) is 16.8. The zero-order valence-electron chi connectivity index (χ0n) is 15.9. The van der Waals surface area contributed by atoms with Crippen molar-refractivity contribution in [1.82, 2.24) is 5.32 Å². The molecule has 7 nitrogen and oxygen atoms in total. The zero-order chi connectivity index (χ0) is 19.1. The Morgan fingerprint density at radius 3 is 2.67 bits per heavy atom. The van der Waals surface area contributed by atoms with Crippen molar-refractivity contribution in [2.24, 2.45) is 5.92 Å². The summed E-state index contributed by atoms with van der Waals surface area (Å²) in [6, 6.07) is 4.23. The maximum Gasteiger partial charge on any atom is 0.293 e. The molecule has 150 valence electrons. The second-order valence-electron chi connectivity index (χ2n) is 6.46. The van der Waals surface area contributed by atoms with Crippen molar-refractivity contribution in [3.63, 3.8) is 0 Å². The normalized spacial score (nSPS) is 20.6. The first kappa shape index (κ1) is 20.3. The van der Waals surface area contributed by atoms with Gasteiger partial charge in [0.15, 0.2) is 19.9 Å². The van der Waals surface area contributed by atoms with E-state index in [1.165, 1.54) is 11.1 Å². The topological polar surface area (TPSA) is 75.3 Å². The smallest absolute Gasteiger partial charge is 0.293 e. The lowest BCUT2D eigenvalue weighted by molar-refractivity contribution is -0.130. The standard InChI is InChI=1S/C19H28NO6P/c1-3-25-27(26-4-2)8-7-20-19-15(11-22-12-21)6-5-14-9-17-18(10-16(14)19)24-13-23-17/h9-10,12,15,19-20H,3-8,11,13H2,1-2H3. The molecule has 0 saturated heterocycles. The molecule has 27 heavy (non-hydrogen) atoms. The van der Waals surface area contributed by atoms with E-state index in [2.05, 4.69) is 17.4 Å². The Kier molecular flexibility index (Phi) is 7.70. The van der Waals surface area contributed by atoms with Gasteiger partial charge in [0.1, 0.15) is 0 Å². The lowest BCUT2D eigenvalue weighted by Gasteiger charge is -2.34. The minimum atomic E-state index is -0.879. The summed E-state index contributed by atoms with van der Waals surface area (Å²) < 4.78 is 27.5. The second-order valence-corrected chi connectivity index (χ2v) is 8.09. The molecule has 1 aliphatic carbocycles. The van der Waals surface area contributed by atoms with Crippen LogP contribution in [0.5, 0.6) is 11.5 Å². The first-order chi connectivity index (χ1) is 13.3. The van der Waals surface area contributed by atoms with E-state index in [9.17, 15) is 4.79 Å². The van der Waals surface area contributed by atoms with E-state index in [0.717, 1.165) is 37.0 Å². The van der Waals surface area contributed by atoms with Gasteiger partial charge in [-0.25, -0.2) is 0 Å². The van der Waals surface area contributed by atoms with Gasteiger partial charge in [0.05, 0.1) is 19.8 Å². The van der Waals surface area contributed by atoms with Crippen LogP contribution in [0.2, 0.25) is 0 Å². The number of ether oxygens (including phenoxy) is 3. The number of fused-ring (bicyclic) bond motifs is 2. The maximum absolute atomic E-state index is 10.7. The van der Waals surface area contributed by atoms with Gasteiger partial charge < -0.3 is 28.6 Å². The van der Waals surface area contributed by atoms with Crippen LogP contribution < -0.4 is 14.8 Å². The Labute approximate surface area is 161 Å². The fourth-order valence-corrected chi connectivity index (χ4v) is 4.87. The molecule has 3 rings (SSSR count). The van der Waals surface area contributed by atoms with E-state index in [4.69, 9.17) is 23.3 Å². The third kappa shape index (κ3) is 5.11. The maximum atomic E-state index is 10.7. The molecule has 1 aliphatic heterocycles. The highest BCUT2D eigenvalue weighted by molar-refractivity contribution is 7.47. The molecule has 1 heterocycles. The lowest BCUT2D eigenvalue weighted by Crippen LogP contribution is -2.36. The molecule has 2 aliphatic rings. The van der Waals surface area contributed by atoms with Gasteiger partial charge in [-0.1, -0.05) is 0 Å². The Morgan fingerprint density at radius 1 is 1.22 bits per heavy atom. The van der Waals surface area contributed by atoms with Crippen LogP contribution in [0.15, 0.2) is 12.1 Å². The van der Waals surface area contributed by atoms with E-state index in [1.54, 1.807) is 0 Å². The molecule has 8 heteroatoms. The molecule has 0 saturated carbocycles.